The van der Waals surface area contributed by atoms with E-state index in [9.17, 15) is 4.79 Å². The first kappa shape index (κ1) is 10.6. The van der Waals surface area contributed by atoms with E-state index in [4.69, 9.17) is 11.7 Å². The Labute approximate surface area is 84.1 Å². The van der Waals surface area contributed by atoms with Crippen LogP contribution in [0, 0.1) is 6.92 Å². The molecule has 1 N–H and O–H groups in total. The van der Waals surface area contributed by atoms with Crippen LogP contribution < -0.4 is 10.1 Å². The van der Waals surface area contributed by atoms with Crippen LogP contribution in [0.5, 0.6) is 5.75 Å². The zero-order valence-corrected chi connectivity index (χ0v) is 8.12. The molecule has 0 bridgehead atoms. The second kappa shape index (κ2) is 5.27. The monoisotopic (exact) mass is 191 g/mol. The summed E-state index contributed by atoms with van der Waals surface area (Å²) in [5.41, 5.74) is 0.941. The Morgan fingerprint density at radius 2 is 2.07 bits per heavy atom. The molecule has 0 atom stereocenters. The van der Waals surface area contributed by atoms with E-state index in [1.165, 1.54) is 0 Å². The zero-order valence-electron chi connectivity index (χ0n) is 8.12. The average Bonchev–Trinajstić information content (AvgIpc) is 2.19. The van der Waals surface area contributed by atoms with Crippen LogP contribution in [0.2, 0.25) is 0 Å². The zero-order chi connectivity index (χ0) is 10.4. The fourth-order valence-corrected chi connectivity index (χ4v) is 1.11. The van der Waals surface area contributed by atoms with Gasteiger partial charge in [-0.15, -0.1) is 0 Å². The van der Waals surface area contributed by atoms with Gasteiger partial charge in [0, 0.05) is 6.54 Å². The largest absolute Gasteiger partial charge is 0.497 e. The number of carbonyl (C=O) groups excluding carboxylic acids is 1. The molecule has 0 aliphatic rings. The molecular formula is C11H13NO2. The van der Waals surface area contributed by atoms with E-state index in [1.807, 2.05) is 24.3 Å². The van der Waals surface area contributed by atoms with Crippen molar-refractivity contribution >= 4 is 5.91 Å². The number of carbonyl (C=O) groups is 1. The van der Waals surface area contributed by atoms with Gasteiger partial charge in [-0.1, -0.05) is 12.1 Å². The summed E-state index contributed by atoms with van der Waals surface area (Å²) in [5.74, 6) is 0.714. The number of hydrogen-bond donors (Lipinski definition) is 1. The minimum absolute atomic E-state index is 0.0716. The lowest BCUT2D eigenvalue weighted by Gasteiger charge is -2.03. The van der Waals surface area contributed by atoms with Gasteiger partial charge in [-0.05, 0) is 24.6 Å². The van der Waals surface area contributed by atoms with Crippen molar-refractivity contribution < 1.29 is 9.53 Å². The number of methoxy groups -OCH3 is 1. The molecule has 1 aromatic rings. The van der Waals surface area contributed by atoms with Gasteiger partial charge in [-0.3, -0.25) is 4.79 Å². The maximum absolute atomic E-state index is 11.1. The molecular weight excluding hydrogens is 178 g/mol. The van der Waals surface area contributed by atoms with E-state index in [-0.39, 0.29) is 12.5 Å². The SMILES string of the molecule is [CH]CNC(=O)Cc1ccc(OC)cc1. The molecule has 0 aliphatic heterocycles. The summed E-state index contributed by atoms with van der Waals surface area (Å²) in [4.78, 5) is 11.1. The molecule has 1 rings (SSSR count). The third-order valence-electron chi connectivity index (χ3n) is 1.82. The molecule has 0 saturated carbocycles. The fraction of sp³-hybridized carbons (Fsp3) is 0.273. The van der Waals surface area contributed by atoms with E-state index < -0.39 is 0 Å². The Kier molecular flexibility index (Phi) is 3.98. The van der Waals surface area contributed by atoms with E-state index in [1.54, 1.807) is 7.11 Å². The van der Waals surface area contributed by atoms with Gasteiger partial charge in [0.2, 0.25) is 5.91 Å². The van der Waals surface area contributed by atoms with Crippen molar-refractivity contribution in [1.82, 2.24) is 5.32 Å². The molecule has 0 heterocycles. The molecule has 1 amide bonds. The maximum Gasteiger partial charge on any atom is 0.224 e. The highest BCUT2D eigenvalue weighted by molar-refractivity contribution is 5.78. The molecule has 14 heavy (non-hydrogen) atoms. The summed E-state index contributed by atoms with van der Waals surface area (Å²) in [7, 11) is 1.61. The van der Waals surface area contributed by atoms with Crippen LogP contribution in [0.3, 0.4) is 0 Å². The Morgan fingerprint density at radius 1 is 1.43 bits per heavy atom. The van der Waals surface area contributed by atoms with Crippen molar-refractivity contribution in [2.75, 3.05) is 13.7 Å². The number of ether oxygens (including phenoxy) is 1. The van der Waals surface area contributed by atoms with E-state index in [0.717, 1.165) is 11.3 Å². The number of benzene rings is 1. The molecule has 0 aromatic heterocycles. The predicted molar refractivity (Wildman–Crippen MR) is 54.0 cm³/mol. The topological polar surface area (TPSA) is 38.3 Å². The second-order valence-corrected chi connectivity index (χ2v) is 2.83. The van der Waals surface area contributed by atoms with Gasteiger partial charge in [-0.25, -0.2) is 0 Å². The smallest absolute Gasteiger partial charge is 0.224 e. The van der Waals surface area contributed by atoms with Crippen LogP contribution in [0.25, 0.3) is 0 Å². The molecule has 0 spiro atoms. The highest BCUT2D eigenvalue weighted by Gasteiger charge is 2.01. The van der Waals surface area contributed by atoms with Crippen molar-refractivity contribution in [3.05, 3.63) is 36.8 Å². The molecule has 3 heteroatoms. The average molecular weight is 191 g/mol. The molecule has 0 fully saturated rings. The molecule has 74 valence electrons. The van der Waals surface area contributed by atoms with Crippen LogP contribution in [0.15, 0.2) is 24.3 Å². The first-order chi connectivity index (χ1) is 6.76. The summed E-state index contributed by atoms with van der Waals surface area (Å²) in [6.07, 6.45) is 0.348. The van der Waals surface area contributed by atoms with Crippen LogP contribution in [-0.2, 0) is 11.2 Å². The summed E-state index contributed by atoms with van der Waals surface area (Å²) in [5, 5.41) is 2.53. The summed E-state index contributed by atoms with van der Waals surface area (Å²) >= 11 is 0. The minimum atomic E-state index is -0.0716. The lowest BCUT2D eigenvalue weighted by Crippen LogP contribution is -2.24. The van der Waals surface area contributed by atoms with Crippen molar-refractivity contribution in [3.63, 3.8) is 0 Å². The Morgan fingerprint density at radius 3 is 2.57 bits per heavy atom. The van der Waals surface area contributed by atoms with Crippen molar-refractivity contribution in [2.24, 2.45) is 0 Å². The van der Waals surface area contributed by atoms with Gasteiger partial charge in [0.1, 0.15) is 5.75 Å². The van der Waals surface area contributed by atoms with E-state index in [2.05, 4.69) is 5.32 Å². The third-order valence-corrected chi connectivity index (χ3v) is 1.82. The minimum Gasteiger partial charge on any atom is -0.497 e. The van der Waals surface area contributed by atoms with Gasteiger partial charge < -0.3 is 10.1 Å². The van der Waals surface area contributed by atoms with Crippen molar-refractivity contribution in [1.29, 1.82) is 0 Å². The number of amides is 1. The van der Waals surface area contributed by atoms with Gasteiger partial charge in [0.15, 0.2) is 0 Å². The molecule has 3 nitrogen and oxygen atoms in total. The third kappa shape index (κ3) is 3.09. The standard InChI is InChI=1S/C11H13NO2/c1-3-12-11(13)8-9-4-6-10(14-2)7-5-9/h1,4-7H,3,8H2,2H3,(H,12,13). The van der Waals surface area contributed by atoms with Crippen molar-refractivity contribution in [3.8, 4) is 5.75 Å². The Hall–Kier alpha value is -1.51. The van der Waals surface area contributed by atoms with Crippen LogP contribution >= 0.6 is 0 Å². The molecule has 2 radical (unpaired) electrons. The fourth-order valence-electron chi connectivity index (χ4n) is 1.11. The first-order valence-electron chi connectivity index (χ1n) is 4.36. The molecule has 0 saturated heterocycles. The van der Waals surface area contributed by atoms with Crippen LogP contribution in [0.1, 0.15) is 5.56 Å². The highest BCUT2D eigenvalue weighted by Crippen LogP contribution is 2.11. The van der Waals surface area contributed by atoms with Gasteiger partial charge in [-0.2, -0.15) is 0 Å². The van der Waals surface area contributed by atoms with Crippen molar-refractivity contribution in [2.45, 2.75) is 6.42 Å². The summed E-state index contributed by atoms with van der Waals surface area (Å²) < 4.78 is 5.00. The van der Waals surface area contributed by atoms with Gasteiger partial charge in [0.25, 0.3) is 0 Å². The molecule has 0 aliphatic carbocycles. The lowest BCUT2D eigenvalue weighted by molar-refractivity contribution is -0.120. The Bertz CT molecular complexity index is 293. The number of hydrogen-bond acceptors (Lipinski definition) is 2. The predicted octanol–water partition coefficient (Wildman–Crippen LogP) is 1.06. The number of rotatable bonds is 4. The van der Waals surface area contributed by atoms with E-state index in [0.29, 0.717) is 6.42 Å². The molecule has 1 aromatic carbocycles. The highest BCUT2D eigenvalue weighted by atomic mass is 16.5. The second-order valence-electron chi connectivity index (χ2n) is 2.83. The Balaban J connectivity index is 2.55. The lowest BCUT2D eigenvalue weighted by atomic mass is 10.1. The number of nitrogens with one attached hydrogen (secondary N) is 1. The summed E-state index contributed by atoms with van der Waals surface area (Å²) in [6, 6.07) is 7.36. The first-order valence-corrected chi connectivity index (χ1v) is 4.36. The quantitative estimate of drug-likeness (QED) is 0.773. The van der Waals surface area contributed by atoms with Crippen LogP contribution in [-0.4, -0.2) is 19.6 Å². The van der Waals surface area contributed by atoms with Gasteiger partial charge >= 0.3 is 0 Å². The van der Waals surface area contributed by atoms with E-state index >= 15 is 0 Å². The molecule has 0 unspecified atom stereocenters. The maximum atomic E-state index is 11.1. The summed E-state index contributed by atoms with van der Waals surface area (Å²) in [6.45, 7) is 5.35. The van der Waals surface area contributed by atoms with Crippen LogP contribution in [0.4, 0.5) is 0 Å². The van der Waals surface area contributed by atoms with Gasteiger partial charge in [0.05, 0.1) is 13.5 Å². The normalized spacial score (nSPS) is 9.57.